The molecule has 4 aromatic heterocycles. The maximum Gasteiger partial charge on any atom is 0.254 e. The molecule has 0 aliphatic heterocycles. The molecule has 5 rings (SSSR count). The van der Waals surface area contributed by atoms with E-state index in [0.29, 0.717) is 46.8 Å². The van der Waals surface area contributed by atoms with Gasteiger partial charge in [0.25, 0.3) is 5.91 Å². The first-order valence-electron chi connectivity index (χ1n) is 10.2. The second-order valence-electron chi connectivity index (χ2n) is 7.63. The van der Waals surface area contributed by atoms with Crippen LogP contribution in [0, 0.1) is 6.92 Å². The average Bonchev–Trinajstić information content (AvgIpc) is 3.56. The van der Waals surface area contributed by atoms with E-state index in [1.807, 2.05) is 61.5 Å². The summed E-state index contributed by atoms with van der Waals surface area (Å²) in [5.74, 6) is 1.32. The molecule has 8 nitrogen and oxygen atoms in total. The predicted molar refractivity (Wildman–Crippen MR) is 118 cm³/mol. The number of rotatable bonds is 6. The highest BCUT2D eigenvalue weighted by atomic mass is 16.5. The van der Waals surface area contributed by atoms with Crippen molar-refractivity contribution in [3.63, 3.8) is 0 Å². The zero-order valence-corrected chi connectivity index (χ0v) is 17.7. The first-order chi connectivity index (χ1) is 15.6. The van der Waals surface area contributed by atoms with Gasteiger partial charge in [0.2, 0.25) is 0 Å². The Bertz CT molecular complexity index is 1370. The summed E-state index contributed by atoms with van der Waals surface area (Å²) in [6.07, 6.45) is 3.31. The van der Waals surface area contributed by atoms with E-state index in [4.69, 9.17) is 13.9 Å². The highest BCUT2D eigenvalue weighted by Gasteiger charge is 2.21. The molecule has 0 saturated carbocycles. The number of carbonyl (C=O) groups excluding carboxylic acids is 1. The van der Waals surface area contributed by atoms with Gasteiger partial charge in [-0.15, -0.1) is 0 Å². The Hall–Kier alpha value is -4.20. The number of aromatic nitrogens is 4. The molecular formula is C24H21N5O3. The Morgan fingerprint density at radius 3 is 2.69 bits per heavy atom. The van der Waals surface area contributed by atoms with Crippen molar-refractivity contribution in [2.75, 3.05) is 7.05 Å². The molecule has 5 aromatic rings. The van der Waals surface area contributed by atoms with E-state index in [1.54, 1.807) is 29.1 Å². The van der Waals surface area contributed by atoms with E-state index >= 15 is 0 Å². The maximum absolute atomic E-state index is 13.5. The molecule has 32 heavy (non-hydrogen) atoms. The van der Waals surface area contributed by atoms with Crippen LogP contribution in [0.25, 0.3) is 22.3 Å². The maximum atomic E-state index is 13.5. The SMILES string of the molecule is Cc1cc(CN(C)C(=O)c2cc(-c3ccccc3)nc3c2cnn3Cc2ccco2)no1. The number of hydrogen-bond donors (Lipinski definition) is 0. The number of pyridine rings is 1. The summed E-state index contributed by atoms with van der Waals surface area (Å²) in [5, 5.41) is 9.17. The van der Waals surface area contributed by atoms with Crippen LogP contribution in [0.15, 0.2) is 76.0 Å². The van der Waals surface area contributed by atoms with Gasteiger partial charge in [-0.05, 0) is 25.1 Å². The van der Waals surface area contributed by atoms with Gasteiger partial charge in [-0.3, -0.25) is 4.79 Å². The number of benzene rings is 1. The second kappa shape index (κ2) is 8.14. The van der Waals surface area contributed by atoms with Crippen LogP contribution < -0.4 is 0 Å². The number of fused-ring (bicyclic) bond motifs is 1. The van der Waals surface area contributed by atoms with Gasteiger partial charge in [0.1, 0.15) is 23.8 Å². The van der Waals surface area contributed by atoms with Crippen molar-refractivity contribution < 1.29 is 13.7 Å². The molecule has 0 saturated heterocycles. The molecule has 0 fully saturated rings. The monoisotopic (exact) mass is 427 g/mol. The molecule has 160 valence electrons. The molecule has 0 aliphatic rings. The summed E-state index contributed by atoms with van der Waals surface area (Å²) in [4.78, 5) is 19.9. The van der Waals surface area contributed by atoms with Crippen LogP contribution in [0.3, 0.4) is 0 Å². The van der Waals surface area contributed by atoms with Crippen LogP contribution >= 0.6 is 0 Å². The number of furan rings is 1. The first-order valence-corrected chi connectivity index (χ1v) is 10.2. The first kappa shape index (κ1) is 19.7. The lowest BCUT2D eigenvalue weighted by atomic mass is 10.1. The van der Waals surface area contributed by atoms with Gasteiger partial charge in [0.15, 0.2) is 5.65 Å². The summed E-state index contributed by atoms with van der Waals surface area (Å²) in [6.45, 7) is 2.58. The lowest BCUT2D eigenvalue weighted by Gasteiger charge is -2.17. The van der Waals surface area contributed by atoms with Crippen molar-refractivity contribution >= 4 is 16.9 Å². The van der Waals surface area contributed by atoms with Crippen LogP contribution in [0.5, 0.6) is 0 Å². The minimum Gasteiger partial charge on any atom is -0.467 e. The van der Waals surface area contributed by atoms with Crippen molar-refractivity contribution in [1.29, 1.82) is 0 Å². The Balaban J connectivity index is 1.58. The van der Waals surface area contributed by atoms with E-state index in [0.717, 1.165) is 11.3 Å². The summed E-state index contributed by atoms with van der Waals surface area (Å²) in [7, 11) is 1.74. The van der Waals surface area contributed by atoms with Crippen LogP contribution in [0.4, 0.5) is 0 Å². The van der Waals surface area contributed by atoms with Crippen LogP contribution in [-0.2, 0) is 13.1 Å². The van der Waals surface area contributed by atoms with Crippen molar-refractivity contribution in [3.05, 3.63) is 89.8 Å². The second-order valence-corrected chi connectivity index (χ2v) is 7.63. The standard InChI is InChI=1S/C24H21N5O3/c1-16-11-18(27-32-16)14-28(2)24(30)20-12-22(17-7-4-3-5-8-17)26-23-21(20)13-25-29(23)15-19-9-6-10-31-19/h3-13H,14-15H2,1-2H3. The third kappa shape index (κ3) is 3.78. The van der Waals surface area contributed by atoms with Crippen molar-refractivity contribution in [2.24, 2.45) is 0 Å². The zero-order chi connectivity index (χ0) is 22.1. The molecule has 0 unspecified atom stereocenters. The summed E-state index contributed by atoms with van der Waals surface area (Å²) >= 11 is 0. The van der Waals surface area contributed by atoms with Gasteiger partial charge < -0.3 is 13.8 Å². The van der Waals surface area contributed by atoms with Gasteiger partial charge in [0.05, 0.1) is 35.6 Å². The number of aryl methyl sites for hydroxylation is 1. The molecule has 4 heterocycles. The van der Waals surface area contributed by atoms with Gasteiger partial charge in [-0.1, -0.05) is 35.5 Å². The Morgan fingerprint density at radius 2 is 1.97 bits per heavy atom. The summed E-state index contributed by atoms with van der Waals surface area (Å²) in [5.41, 5.74) is 3.47. The molecule has 8 heteroatoms. The minimum absolute atomic E-state index is 0.146. The molecule has 1 aromatic carbocycles. The highest BCUT2D eigenvalue weighted by Crippen LogP contribution is 2.26. The number of amides is 1. The van der Waals surface area contributed by atoms with E-state index in [2.05, 4.69) is 10.3 Å². The average molecular weight is 427 g/mol. The molecule has 0 radical (unpaired) electrons. The Morgan fingerprint density at radius 1 is 1.12 bits per heavy atom. The molecule has 0 bridgehead atoms. The van der Waals surface area contributed by atoms with Gasteiger partial charge >= 0.3 is 0 Å². The van der Waals surface area contributed by atoms with E-state index in [9.17, 15) is 4.79 Å². The van der Waals surface area contributed by atoms with Gasteiger partial charge in [0, 0.05) is 18.7 Å². The van der Waals surface area contributed by atoms with Crippen molar-refractivity contribution in [2.45, 2.75) is 20.0 Å². The molecule has 1 amide bonds. The van der Waals surface area contributed by atoms with E-state index < -0.39 is 0 Å². The Labute approximate surface area is 184 Å². The summed E-state index contributed by atoms with van der Waals surface area (Å²) < 4.78 is 12.4. The zero-order valence-electron chi connectivity index (χ0n) is 17.7. The third-order valence-corrected chi connectivity index (χ3v) is 5.22. The largest absolute Gasteiger partial charge is 0.467 e. The fourth-order valence-corrected chi connectivity index (χ4v) is 3.66. The van der Waals surface area contributed by atoms with Gasteiger partial charge in [-0.25, -0.2) is 9.67 Å². The topological polar surface area (TPSA) is 90.2 Å². The van der Waals surface area contributed by atoms with Crippen molar-refractivity contribution in [3.8, 4) is 11.3 Å². The van der Waals surface area contributed by atoms with E-state index in [1.165, 1.54) is 0 Å². The smallest absolute Gasteiger partial charge is 0.254 e. The lowest BCUT2D eigenvalue weighted by molar-refractivity contribution is 0.0784. The molecule has 0 N–H and O–H groups in total. The quantitative estimate of drug-likeness (QED) is 0.401. The van der Waals surface area contributed by atoms with E-state index in [-0.39, 0.29) is 5.91 Å². The van der Waals surface area contributed by atoms with Crippen LogP contribution in [-0.4, -0.2) is 37.8 Å². The Kier molecular flexibility index (Phi) is 5.03. The predicted octanol–water partition coefficient (Wildman–Crippen LogP) is 4.31. The fourth-order valence-electron chi connectivity index (χ4n) is 3.66. The molecule has 0 atom stereocenters. The van der Waals surface area contributed by atoms with Gasteiger partial charge in [-0.2, -0.15) is 5.10 Å². The highest BCUT2D eigenvalue weighted by molar-refractivity contribution is 6.06. The van der Waals surface area contributed by atoms with Crippen LogP contribution in [0.1, 0.15) is 27.6 Å². The minimum atomic E-state index is -0.146. The third-order valence-electron chi connectivity index (χ3n) is 5.22. The normalized spacial score (nSPS) is 11.2. The lowest BCUT2D eigenvalue weighted by Crippen LogP contribution is -2.26. The molecule has 0 spiro atoms. The number of nitrogens with zero attached hydrogens (tertiary/aromatic N) is 5. The number of carbonyl (C=O) groups is 1. The number of hydrogen-bond acceptors (Lipinski definition) is 6. The van der Waals surface area contributed by atoms with Crippen molar-refractivity contribution in [1.82, 2.24) is 24.8 Å². The summed E-state index contributed by atoms with van der Waals surface area (Å²) in [6, 6.07) is 17.1. The molecule has 0 aliphatic carbocycles. The van der Waals surface area contributed by atoms with Crippen LogP contribution in [0.2, 0.25) is 0 Å². The fraction of sp³-hybridized carbons (Fsp3) is 0.167. The molecular weight excluding hydrogens is 406 g/mol.